The lowest BCUT2D eigenvalue weighted by Gasteiger charge is -2.26. The van der Waals surface area contributed by atoms with Crippen LogP contribution in [0.25, 0.3) is 0 Å². The molecule has 20 heavy (non-hydrogen) atoms. The Balaban J connectivity index is 3.24. The van der Waals surface area contributed by atoms with Crippen LogP contribution in [0.2, 0.25) is 0 Å². The summed E-state index contributed by atoms with van der Waals surface area (Å²) < 4.78 is 9.67. The van der Waals surface area contributed by atoms with Crippen molar-refractivity contribution in [2.75, 3.05) is 12.0 Å². The number of hydrogen-bond donors (Lipinski definition) is 0. The Morgan fingerprint density at radius 3 is 2.35 bits per heavy atom. The fourth-order valence-electron chi connectivity index (χ4n) is 1.93. The fraction of sp³-hybridized carbons (Fsp3) is 0.538. The summed E-state index contributed by atoms with van der Waals surface area (Å²) in [6.07, 6.45) is -0.300. The number of ether oxygens (including phenoxy) is 1. The second-order valence-electron chi connectivity index (χ2n) is 4.51. The number of ketones is 1. The maximum Gasteiger partial charge on any atom is 0.328 e. The van der Waals surface area contributed by atoms with E-state index in [4.69, 9.17) is 4.52 Å². The molecular weight excluding hydrogens is 264 g/mol. The molecule has 1 amide bonds. The van der Waals surface area contributed by atoms with Gasteiger partial charge in [-0.2, -0.15) is 0 Å². The van der Waals surface area contributed by atoms with Crippen molar-refractivity contribution in [3.05, 3.63) is 11.5 Å². The van der Waals surface area contributed by atoms with E-state index in [0.717, 1.165) is 0 Å². The van der Waals surface area contributed by atoms with Crippen LogP contribution in [0.5, 0.6) is 0 Å². The number of aromatic nitrogens is 1. The van der Waals surface area contributed by atoms with Crippen LogP contribution in [0.1, 0.15) is 31.7 Å². The van der Waals surface area contributed by atoms with Gasteiger partial charge in [0.25, 0.3) is 0 Å². The highest BCUT2D eigenvalue weighted by molar-refractivity contribution is 6.08. The van der Waals surface area contributed by atoms with Gasteiger partial charge in [-0.05, 0) is 27.7 Å². The standard InChI is InChI=1S/C13H18N2O5/c1-7(16)6-11(17)15(9(3)13(18)19-5)12-8(2)14-20-10(12)4/h9H,6H2,1-5H3/t9-/m0/s1. The summed E-state index contributed by atoms with van der Waals surface area (Å²) in [6, 6.07) is -0.872. The molecule has 0 aliphatic heterocycles. The van der Waals surface area contributed by atoms with Gasteiger partial charge in [-0.25, -0.2) is 4.79 Å². The Labute approximate surface area is 116 Å². The van der Waals surface area contributed by atoms with Crippen molar-refractivity contribution in [2.24, 2.45) is 0 Å². The number of nitrogens with zero attached hydrogens (tertiary/aromatic N) is 2. The number of anilines is 1. The zero-order chi connectivity index (χ0) is 15.4. The van der Waals surface area contributed by atoms with E-state index in [2.05, 4.69) is 9.89 Å². The third-order valence-corrected chi connectivity index (χ3v) is 2.84. The van der Waals surface area contributed by atoms with Crippen molar-refractivity contribution < 1.29 is 23.6 Å². The predicted octanol–water partition coefficient (Wildman–Crippen LogP) is 1.17. The number of aryl methyl sites for hydroxylation is 2. The molecule has 1 atom stereocenters. The summed E-state index contributed by atoms with van der Waals surface area (Å²) >= 11 is 0. The van der Waals surface area contributed by atoms with Crippen molar-refractivity contribution in [1.29, 1.82) is 0 Å². The molecule has 1 aromatic heterocycles. The zero-order valence-electron chi connectivity index (χ0n) is 12.2. The lowest BCUT2D eigenvalue weighted by atomic mass is 10.1. The number of esters is 1. The third-order valence-electron chi connectivity index (χ3n) is 2.84. The van der Waals surface area contributed by atoms with Crippen LogP contribution in [0.15, 0.2) is 4.52 Å². The van der Waals surface area contributed by atoms with Crippen LogP contribution in [-0.2, 0) is 19.1 Å². The first kappa shape index (κ1) is 15.9. The monoisotopic (exact) mass is 282 g/mol. The molecule has 1 aromatic rings. The van der Waals surface area contributed by atoms with Crippen molar-refractivity contribution >= 4 is 23.3 Å². The second kappa shape index (κ2) is 6.31. The molecule has 110 valence electrons. The van der Waals surface area contributed by atoms with Gasteiger partial charge in [0.15, 0.2) is 5.76 Å². The molecule has 0 aliphatic carbocycles. The Bertz CT molecular complexity index is 515. The highest BCUT2D eigenvalue weighted by Gasteiger charge is 2.32. The lowest BCUT2D eigenvalue weighted by Crippen LogP contribution is -2.45. The quantitative estimate of drug-likeness (QED) is 0.594. The maximum absolute atomic E-state index is 12.2. The number of amides is 1. The normalized spacial score (nSPS) is 11.8. The Kier molecular flexibility index (Phi) is 5.01. The molecule has 7 heteroatoms. The summed E-state index contributed by atoms with van der Waals surface area (Å²) in [5, 5.41) is 3.76. The molecule has 0 aliphatic rings. The molecule has 0 radical (unpaired) electrons. The molecule has 0 fully saturated rings. The molecule has 0 N–H and O–H groups in total. The van der Waals surface area contributed by atoms with Crippen molar-refractivity contribution in [3.63, 3.8) is 0 Å². The highest BCUT2D eigenvalue weighted by atomic mass is 16.5. The minimum Gasteiger partial charge on any atom is -0.467 e. The van der Waals surface area contributed by atoms with Crippen LogP contribution in [0.4, 0.5) is 5.69 Å². The number of hydrogen-bond acceptors (Lipinski definition) is 6. The first-order chi connectivity index (χ1) is 9.29. The molecule has 0 saturated heterocycles. The number of rotatable bonds is 5. The van der Waals surface area contributed by atoms with Gasteiger partial charge in [0.1, 0.15) is 23.2 Å². The number of carbonyl (C=O) groups excluding carboxylic acids is 3. The van der Waals surface area contributed by atoms with E-state index >= 15 is 0 Å². The SMILES string of the molecule is COC(=O)[C@H](C)N(C(=O)CC(C)=O)c1c(C)noc1C. The zero-order valence-corrected chi connectivity index (χ0v) is 12.2. The molecule has 0 bridgehead atoms. The predicted molar refractivity (Wildman–Crippen MR) is 70.2 cm³/mol. The van der Waals surface area contributed by atoms with Gasteiger partial charge in [0, 0.05) is 0 Å². The highest BCUT2D eigenvalue weighted by Crippen LogP contribution is 2.27. The number of methoxy groups -OCH3 is 1. The number of carbonyl (C=O) groups is 3. The summed E-state index contributed by atoms with van der Waals surface area (Å²) in [7, 11) is 1.24. The van der Waals surface area contributed by atoms with E-state index in [-0.39, 0.29) is 12.2 Å². The van der Waals surface area contributed by atoms with Crippen molar-refractivity contribution in [1.82, 2.24) is 5.16 Å². The van der Waals surface area contributed by atoms with Crippen LogP contribution >= 0.6 is 0 Å². The van der Waals surface area contributed by atoms with E-state index in [1.165, 1.54) is 25.9 Å². The Morgan fingerprint density at radius 2 is 1.95 bits per heavy atom. The molecular formula is C13H18N2O5. The van der Waals surface area contributed by atoms with Crippen LogP contribution in [-0.4, -0.2) is 36.0 Å². The molecule has 1 heterocycles. The van der Waals surface area contributed by atoms with Gasteiger partial charge in [-0.1, -0.05) is 5.16 Å². The third kappa shape index (κ3) is 3.23. The molecule has 0 unspecified atom stereocenters. The van der Waals surface area contributed by atoms with Gasteiger partial charge in [0.05, 0.1) is 13.5 Å². The van der Waals surface area contributed by atoms with E-state index in [9.17, 15) is 14.4 Å². The van der Waals surface area contributed by atoms with Gasteiger partial charge in [-0.15, -0.1) is 0 Å². The smallest absolute Gasteiger partial charge is 0.328 e. The molecule has 0 aromatic carbocycles. The fourth-order valence-corrected chi connectivity index (χ4v) is 1.93. The van der Waals surface area contributed by atoms with Gasteiger partial charge in [-0.3, -0.25) is 14.5 Å². The van der Waals surface area contributed by atoms with E-state index in [1.54, 1.807) is 13.8 Å². The van der Waals surface area contributed by atoms with E-state index in [0.29, 0.717) is 17.1 Å². The van der Waals surface area contributed by atoms with Gasteiger partial charge in [0.2, 0.25) is 5.91 Å². The minimum absolute atomic E-state index is 0.288. The van der Waals surface area contributed by atoms with Crippen LogP contribution in [0.3, 0.4) is 0 Å². The maximum atomic E-state index is 12.2. The average molecular weight is 282 g/mol. The molecule has 0 saturated carbocycles. The largest absolute Gasteiger partial charge is 0.467 e. The number of Topliss-reactive ketones (excluding diaryl/α,β-unsaturated/α-hetero) is 1. The van der Waals surface area contributed by atoms with E-state index < -0.39 is 17.9 Å². The first-order valence-corrected chi connectivity index (χ1v) is 6.11. The van der Waals surface area contributed by atoms with E-state index in [1.807, 2.05) is 0 Å². The van der Waals surface area contributed by atoms with Crippen LogP contribution in [0, 0.1) is 13.8 Å². The summed E-state index contributed by atoms with van der Waals surface area (Å²) in [5.41, 5.74) is 0.865. The molecule has 7 nitrogen and oxygen atoms in total. The topological polar surface area (TPSA) is 89.7 Å². The minimum atomic E-state index is -0.872. The average Bonchev–Trinajstić information content (AvgIpc) is 2.69. The lowest BCUT2D eigenvalue weighted by molar-refractivity contribution is -0.143. The van der Waals surface area contributed by atoms with Crippen molar-refractivity contribution in [2.45, 2.75) is 40.2 Å². The molecule has 1 rings (SSSR count). The van der Waals surface area contributed by atoms with Gasteiger partial charge < -0.3 is 9.26 Å². The Hall–Kier alpha value is -2.18. The summed E-state index contributed by atoms with van der Waals surface area (Å²) in [4.78, 5) is 36.3. The summed E-state index contributed by atoms with van der Waals surface area (Å²) in [5.74, 6) is -0.967. The summed E-state index contributed by atoms with van der Waals surface area (Å²) in [6.45, 7) is 6.12. The van der Waals surface area contributed by atoms with Gasteiger partial charge >= 0.3 is 5.97 Å². The Morgan fingerprint density at radius 1 is 1.35 bits per heavy atom. The van der Waals surface area contributed by atoms with Crippen LogP contribution < -0.4 is 4.90 Å². The molecule has 0 spiro atoms. The van der Waals surface area contributed by atoms with Crippen molar-refractivity contribution in [3.8, 4) is 0 Å². The first-order valence-electron chi connectivity index (χ1n) is 6.11. The second-order valence-corrected chi connectivity index (χ2v) is 4.51.